The predicted octanol–water partition coefficient (Wildman–Crippen LogP) is 1.75. The number of aliphatic hydroxyl groups excluding tert-OH is 1. The molecule has 1 amide bonds. The first kappa shape index (κ1) is 14.6. The summed E-state index contributed by atoms with van der Waals surface area (Å²) in [5, 5.41) is 12.5. The van der Waals surface area contributed by atoms with Gasteiger partial charge in [0, 0.05) is 12.7 Å². The average Bonchev–Trinajstić information content (AvgIpc) is 2.38. The van der Waals surface area contributed by atoms with E-state index in [9.17, 15) is 14.3 Å². The summed E-state index contributed by atoms with van der Waals surface area (Å²) in [7, 11) is 0. The van der Waals surface area contributed by atoms with Crippen molar-refractivity contribution in [2.45, 2.75) is 32.8 Å². The first-order valence-electron chi connectivity index (χ1n) is 6.16. The minimum Gasteiger partial charge on any atom is -0.391 e. The molecular weight excluding hydrogens is 235 g/mol. The molecule has 5 heteroatoms. The lowest BCUT2D eigenvalue weighted by molar-refractivity contribution is 0.0816. The molecule has 1 unspecified atom stereocenters. The van der Waals surface area contributed by atoms with Crippen molar-refractivity contribution in [3.8, 4) is 0 Å². The topological polar surface area (TPSA) is 62.2 Å². The number of aliphatic hydroxyl groups is 1. The molecule has 0 spiro atoms. The molecule has 1 aromatic heterocycles. The van der Waals surface area contributed by atoms with Crippen molar-refractivity contribution in [2.75, 3.05) is 6.54 Å². The lowest BCUT2D eigenvalue weighted by Crippen LogP contribution is -2.36. The molecule has 1 heterocycles. The molecule has 0 aliphatic carbocycles. The fraction of sp³-hybridized carbons (Fsp3) is 0.538. The molecule has 1 rings (SSSR count). The molecule has 4 nitrogen and oxygen atoms in total. The predicted molar refractivity (Wildman–Crippen MR) is 66.6 cm³/mol. The third kappa shape index (κ3) is 4.07. The Morgan fingerprint density at radius 3 is 2.61 bits per heavy atom. The van der Waals surface area contributed by atoms with Crippen molar-refractivity contribution in [2.24, 2.45) is 5.92 Å². The van der Waals surface area contributed by atoms with Crippen molar-refractivity contribution in [1.82, 2.24) is 10.3 Å². The lowest BCUT2D eigenvalue weighted by Gasteiger charge is -2.20. The summed E-state index contributed by atoms with van der Waals surface area (Å²) in [6.45, 7) is 4.20. The van der Waals surface area contributed by atoms with E-state index in [1.54, 1.807) is 0 Å². The number of nitrogens with zero attached hydrogens (tertiary/aromatic N) is 1. The van der Waals surface area contributed by atoms with E-state index in [1.807, 2.05) is 13.8 Å². The highest BCUT2D eigenvalue weighted by Crippen LogP contribution is 2.12. The first-order chi connectivity index (χ1) is 8.58. The molecule has 0 saturated heterocycles. The van der Waals surface area contributed by atoms with Gasteiger partial charge in [0.05, 0.1) is 11.7 Å². The summed E-state index contributed by atoms with van der Waals surface area (Å²) in [6.07, 6.45) is 2.35. The Morgan fingerprint density at radius 2 is 2.11 bits per heavy atom. The van der Waals surface area contributed by atoms with Gasteiger partial charge in [0.25, 0.3) is 5.91 Å². The second-order valence-corrected chi connectivity index (χ2v) is 4.22. The van der Waals surface area contributed by atoms with Crippen LogP contribution in [-0.4, -0.2) is 28.6 Å². The van der Waals surface area contributed by atoms with Crippen LogP contribution in [0.4, 0.5) is 4.39 Å². The van der Waals surface area contributed by atoms with Crippen molar-refractivity contribution in [3.63, 3.8) is 0 Å². The van der Waals surface area contributed by atoms with Crippen molar-refractivity contribution in [1.29, 1.82) is 0 Å². The normalized spacial score (nSPS) is 12.5. The number of carbonyl (C=O) groups is 1. The molecule has 0 fully saturated rings. The van der Waals surface area contributed by atoms with E-state index >= 15 is 0 Å². The fourth-order valence-electron chi connectivity index (χ4n) is 1.81. The van der Waals surface area contributed by atoms with E-state index in [1.165, 1.54) is 12.3 Å². The highest BCUT2D eigenvalue weighted by Gasteiger charge is 2.16. The zero-order chi connectivity index (χ0) is 13.5. The Bertz CT molecular complexity index is 377. The van der Waals surface area contributed by atoms with Crippen molar-refractivity contribution >= 4 is 5.91 Å². The first-order valence-corrected chi connectivity index (χ1v) is 6.16. The van der Waals surface area contributed by atoms with Crippen LogP contribution < -0.4 is 5.32 Å². The van der Waals surface area contributed by atoms with Crippen LogP contribution >= 0.6 is 0 Å². The zero-order valence-electron chi connectivity index (χ0n) is 10.7. The highest BCUT2D eigenvalue weighted by atomic mass is 19.1. The fourth-order valence-corrected chi connectivity index (χ4v) is 1.81. The maximum absolute atomic E-state index is 12.6. The highest BCUT2D eigenvalue weighted by molar-refractivity contribution is 5.93. The summed E-state index contributed by atoms with van der Waals surface area (Å²) >= 11 is 0. The molecule has 0 bridgehead atoms. The van der Waals surface area contributed by atoms with Crippen LogP contribution in [0.25, 0.3) is 0 Å². The molecule has 18 heavy (non-hydrogen) atoms. The molecule has 0 aromatic carbocycles. The van der Waals surface area contributed by atoms with Crippen molar-refractivity contribution < 1.29 is 14.3 Å². The van der Waals surface area contributed by atoms with Crippen molar-refractivity contribution in [3.05, 3.63) is 29.8 Å². The number of aromatic nitrogens is 1. The van der Waals surface area contributed by atoms with Gasteiger partial charge in [-0.15, -0.1) is 0 Å². The van der Waals surface area contributed by atoms with E-state index in [2.05, 4.69) is 10.3 Å². The van der Waals surface area contributed by atoms with Gasteiger partial charge in [-0.1, -0.05) is 26.7 Å². The Morgan fingerprint density at radius 1 is 1.44 bits per heavy atom. The molecule has 0 saturated carbocycles. The van der Waals surface area contributed by atoms with Crippen LogP contribution in [-0.2, 0) is 0 Å². The largest absolute Gasteiger partial charge is 0.391 e. The van der Waals surface area contributed by atoms with Crippen LogP contribution in [0.1, 0.15) is 37.0 Å². The molecule has 1 atom stereocenters. The molecule has 1 aromatic rings. The Hall–Kier alpha value is -1.49. The minimum atomic E-state index is -0.622. The van der Waals surface area contributed by atoms with E-state index < -0.39 is 12.1 Å². The van der Waals surface area contributed by atoms with Crippen LogP contribution in [0, 0.1) is 11.9 Å². The molecular formula is C13H19FN2O2. The Labute approximate surface area is 106 Å². The van der Waals surface area contributed by atoms with Gasteiger partial charge in [0.2, 0.25) is 5.95 Å². The maximum atomic E-state index is 12.6. The Balaban J connectivity index is 2.48. The van der Waals surface area contributed by atoms with Gasteiger partial charge in [-0.25, -0.2) is 4.98 Å². The SMILES string of the molecule is CCC(CC)C(O)CNC(=O)c1ccc(F)nc1. The van der Waals surface area contributed by atoms with Gasteiger partial charge in [0.1, 0.15) is 0 Å². The lowest BCUT2D eigenvalue weighted by atomic mass is 9.96. The molecule has 2 N–H and O–H groups in total. The van der Waals surface area contributed by atoms with Gasteiger partial charge < -0.3 is 10.4 Å². The van der Waals surface area contributed by atoms with Gasteiger partial charge in [-0.3, -0.25) is 4.79 Å². The quantitative estimate of drug-likeness (QED) is 0.760. The number of rotatable bonds is 6. The van der Waals surface area contributed by atoms with Crippen LogP contribution in [0.2, 0.25) is 0 Å². The van der Waals surface area contributed by atoms with E-state index in [0.29, 0.717) is 0 Å². The molecule has 0 radical (unpaired) electrons. The van der Waals surface area contributed by atoms with Crippen LogP contribution in [0.3, 0.4) is 0 Å². The molecule has 0 aliphatic rings. The second-order valence-electron chi connectivity index (χ2n) is 4.22. The van der Waals surface area contributed by atoms with Gasteiger partial charge in [0.15, 0.2) is 0 Å². The number of pyridine rings is 1. The van der Waals surface area contributed by atoms with Crippen LogP contribution in [0.15, 0.2) is 18.3 Å². The number of halogens is 1. The van der Waals surface area contributed by atoms with Crippen LogP contribution in [0.5, 0.6) is 0 Å². The van der Waals surface area contributed by atoms with Gasteiger partial charge >= 0.3 is 0 Å². The van der Waals surface area contributed by atoms with E-state index in [0.717, 1.165) is 18.9 Å². The zero-order valence-corrected chi connectivity index (χ0v) is 10.7. The van der Waals surface area contributed by atoms with Gasteiger partial charge in [-0.05, 0) is 18.1 Å². The molecule has 100 valence electrons. The number of nitrogens with one attached hydrogen (secondary N) is 1. The second kappa shape index (κ2) is 7.06. The molecule has 0 aliphatic heterocycles. The number of carbonyl (C=O) groups excluding carboxylic acids is 1. The number of amides is 1. The summed E-state index contributed by atoms with van der Waals surface area (Å²) in [5.41, 5.74) is 0.285. The maximum Gasteiger partial charge on any atom is 0.252 e. The monoisotopic (exact) mass is 254 g/mol. The standard InChI is InChI=1S/C13H19FN2O2/c1-3-9(4-2)11(17)8-16-13(18)10-5-6-12(14)15-7-10/h5-7,9,11,17H,3-4,8H2,1-2H3,(H,16,18). The smallest absolute Gasteiger partial charge is 0.252 e. The number of hydrogen-bond donors (Lipinski definition) is 2. The van der Waals surface area contributed by atoms with E-state index in [4.69, 9.17) is 0 Å². The average molecular weight is 254 g/mol. The third-order valence-electron chi connectivity index (χ3n) is 3.05. The summed E-state index contributed by atoms with van der Waals surface area (Å²) < 4.78 is 12.6. The Kier molecular flexibility index (Phi) is 5.71. The minimum absolute atomic E-state index is 0.177. The summed E-state index contributed by atoms with van der Waals surface area (Å²) in [5.74, 6) is -0.798. The third-order valence-corrected chi connectivity index (χ3v) is 3.05. The van der Waals surface area contributed by atoms with E-state index in [-0.39, 0.29) is 23.9 Å². The van der Waals surface area contributed by atoms with Gasteiger partial charge in [-0.2, -0.15) is 4.39 Å². The summed E-state index contributed by atoms with van der Waals surface area (Å²) in [6, 6.07) is 2.49. The summed E-state index contributed by atoms with van der Waals surface area (Å²) in [4.78, 5) is 15.1. The number of hydrogen-bond acceptors (Lipinski definition) is 3.